The van der Waals surface area contributed by atoms with Gasteiger partial charge < -0.3 is 9.47 Å². The van der Waals surface area contributed by atoms with Crippen LogP contribution in [0.1, 0.15) is 13.8 Å². The van der Waals surface area contributed by atoms with Crippen molar-refractivity contribution in [2.45, 2.75) is 18.2 Å². The SMILES string of the molecule is C=C/C=C(\C(=O)OCC)C(Cl)(Cl)C(=O)OCC. The number of esters is 2. The summed E-state index contributed by atoms with van der Waals surface area (Å²) in [5.41, 5.74) is -0.226. The monoisotopic (exact) mass is 280 g/mol. The van der Waals surface area contributed by atoms with Gasteiger partial charge in [-0.3, -0.25) is 0 Å². The summed E-state index contributed by atoms with van der Waals surface area (Å²) in [6.45, 7) is 6.87. The third-order valence-electron chi connectivity index (χ3n) is 1.65. The number of allylic oxidation sites excluding steroid dienone is 2. The molecule has 0 atom stereocenters. The van der Waals surface area contributed by atoms with Crippen LogP contribution in [0.5, 0.6) is 0 Å². The standard InChI is InChI=1S/C11H14Cl2O4/c1-4-7-8(9(14)16-5-2)11(12,13)10(15)17-6-3/h4,7H,1,5-6H2,2-3H3/b8-7+. The minimum absolute atomic E-state index is 0.101. The molecule has 0 saturated carbocycles. The quantitative estimate of drug-likeness (QED) is 0.325. The highest BCUT2D eigenvalue weighted by Crippen LogP contribution is 2.32. The summed E-state index contributed by atoms with van der Waals surface area (Å²) in [6.07, 6.45) is 2.50. The van der Waals surface area contributed by atoms with Crippen molar-refractivity contribution in [2.24, 2.45) is 0 Å². The van der Waals surface area contributed by atoms with Crippen LogP contribution in [0, 0.1) is 0 Å². The summed E-state index contributed by atoms with van der Waals surface area (Å²) in [5.74, 6) is -1.71. The first-order valence-corrected chi connectivity index (χ1v) is 5.72. The fraction of sp³-hybridized carbons (Fsp3) is 0.455. The van der Waals surface area contributed by atoms with Gasteiger partial charge in [0.25, 0.3) is 0 Å². The molecular formula is C11H14Cl2O4. The van der Waals surface area contributed by atoms with E-state index in [1.165, 1.54) is 12.2 Å². The van der Waals surface area contributed by atoms with Gasteiger partial charge >= 0.3 is 11.9 Å². The molecule has 0 rings (SSSR count). The Morgan fingerprint density at radius 3 is 2.18 bits per heavy atom. The number of rotatable bonds is 6. The van der Waals surface area contributed by atoms with Gasteiger partial charge in [-0.25, -0.2) is 9.59 Å². The molecule has 0 aliphatic heterocycles. The third kappa shape index (κ3) is 4.40. The molecule has 0 bridgehead atoms. The first-order valence-electron chi connectivity index (χ1n) is 4.97. The molecule has 0 radical (unpaired) electrons. The lowest BCUT2D eigenvalue weighted by Gasteiger charge is -2.19. The second-order valence-electron chi connectivity index (χ2n) is 2.83. The number of hydrogen-bond acceptors (Lipinski definition) is 4. The molecule has 0 aromatic carbocycles. The molecule has 0 saturated heterocycles. The van der Waals surface area contributed by atoms with Gasteiger partial charge in [-0.15, -0.1) is 0 Å². The lowest BCUT2D eigenvalue weighted by atomic mass is 10.1. The number of carbonyl (C=O) groups is 2. The van der Waals surface area contributed by atoms with Crippen molar-refractivity contribution >= 4 is 35.1 Å². The van der Waals surface area contributed by atoms with Crippen LogP contribution in [0.4, 0.5) is 0 Å². The van der Waals surface area contributed by atoms with Crippen molar-refractivity contribution in [3.05, 3.63) is 24.3 Å². The molecule has 0 heterocycles. The Morgan fingerprint density at radius 1 is 1.24 bits per heavy atom. The zero-order valence-corrected chi connectivity index (χ0v) is 11.2. The fourth-order valence-electron chi connectivity index (χ4n) is 0.959. The van der Waals surface area contributed by atoms with Crippen LogP contribution in [-0.4, -0.2) is 29.5 Å². The minimum atomic E-state index is -2.10. The lowest BCUT2D eigenvalue weighted by Crippen LogP contribution is -2.34. The van der Waals surface area contributed by atoms with E-state index in [0.717, 1.165) is 0 Å². The van der Waals surface area contributed by atoms with Crippen molar-refractivity contribution in [3.8, 4) is 0 Å². The van der Waals surface area contributed by atoms with E-state index in [1.807, 2.05) is 0 Å². The topological polar surface area (TPSA) is 52.6 Å². The van der Waals surface area contributed by atoms with Gasteiger partial charge in [0.05, 0.1) is 18.8 Å². The molecule has 0 amide bonds. The average molecular weight is 281 g/mol. The van der Waals surface area contributed by atoms with Gasteiger partial charge in [0.15, 0.2) is 0 Å². The van der Waals surface area contributed by atoms with Gasteiger partial charge in [0.2, 0.25) is 4.33 Å². The number of ether oxygens (including phenoxy) is 2. The Kier molecular flexibility index (Phi) is 6.92. The van der Waals surface area contributed by atoms with E-state index < -0.39 is 16.3 Å². The Balaban J connectivity index is 5.18. The van der Waals surface area contributed by atoms with E-state index in [2.05, 4.69) is 11.3 Å². The predicted octanol–water partition coefficient (Wildman–Crippen LogP) is 2.40. The molecule has 0 unspecified atom stereocenters. The molecule has 0 aromatic rings. The van der Waals surface area contributed by atoms with Crippen LogP contribution in [-0.2, 0) is 19.1 Å². The Morgan fingerprint density at radius 2 is 1.76 bits per heavy atom. The first kappa shape index (κ1) is 16.0. The van der Waals surface area contributed by atoms with Crippen LogP contribution in [0.15, 0.2) is 24.3 Å². The minimum Gasteiger partial charge on any atom is -0.464 e. The highest BCUT2D eigenvalue weighted by atomic mass is 35.5. The largest absolute Gasteiger partial charge is 0.464 e. The summed E-state index contributed by atoms with van der Waals surface area (Å²) in [7, 11) is 0. The number of hydrogen-bond donors (Lipinski definition) is 0. The van der Waals surface area contributed by atoms with Crippen LogP contribution in [0.3, 0.4) is 0 Å². The van der Waals surface area contributed by atoms with E-state index in [4.69, 9.17) is 27.9 Å². The third-order valence-corrected chi connectivity index (χ3v) is 2.37. The van der Waals surface area contributed by atoms with Gasteiger partial charge in [-0.1, -0.05) is 35.9 Å². The Hall–Kier alpha value is -1.00. The second-order valence-corrected chi connectivity index (χ2v) is 4.16. The summed E-state index contributed by atoms with van der Waals surface area (Å²) in [5, 5.41) is 0. The highest BCUT2D eigenvalue weighted by Gasteiger charge is 2.43. The van der Waals surface area contributed by atoms with Gasteiger partial charge in [-0.2, -0.15) is 0 Å². The summed E-state index contributed by atoms with van der Waals surface area (Å²) < 4.78 is 7.32. The number of halogens is 2. The highest BCUT2D eigenvalue weighted by molar-refractivity contribution is 6.61. The second kappa shape index (κ2) is 7.35. The number of carbonyl (C=O) groups excluding carboxylic acids is 2. The van der Waals surface area contributed by atoms with E-state index in [9.17, 15) is 9.59 Å². The Bertz CT molecular complexity index is 334. The lowest BCUT2D eigenvalue weighted by molar-refractivity contribution is -0.146. The zero-order valence-electron chi connectivity index (χ0n) is 9.66. The molecule has 0 fully saturated rings. The van der Waals surface area contributed by atoms with Gasteiger partial charge in [0.1, 0.15) is 0 Å². The zero-order chi connectivity index (χ0) is 13.5. The normalized spacial score (nSPS) is 11.9. The molecular weight excluding hydrogens is 267 g/mol. The van der Waals surface area contributed by atoms with Crippen molar-refractivity contribution in [3.63, 3.8) is 0 Å². The fourth-order valence-corrected chi connectivity index (χ4v) is 1.35. The summed E-state index contributed by atoms with van der Waals surface area (Å²) in [4.78, 5) is 23.1. The van der Waals surface area contributed by atoms with Gasteiger partial charge in [0, 0.05) is 0 Å². The molecule has 6 heteroatoms. The molecule has 0 N–H and O–H groups in total. The Labute approximate surface area is 110 Å². The molecule has 17 heavy (non-hydrogen) atoms. The van der Waals surface area contributed by atoms with Gasteiger partial charge in [-0.05, 0) is 19.9 Å². The van der Waals surface area contributed by atoms with E-state index >= 15 is 0 Å². The van der Waals surface area contributed by atoms with Crippen LogP contribution in [0.2, 0.25) is 0 Å². The maximum atomic E-state index is 11.6. The van der Waals surface area contributed by atoms with Crippen LogP contribution < -0.4 is 0 Å². The summed E-state index contributed by atoms with van der Waals surface area (Å²) in [6, 6.07) is 0. The smallest absolute Gasteiger partial charge is 0.347 e. The molecule has 96 valence electrons. The van der Waals surface area contributed by atoms with E-state index in [1.54, 1.807) is 13.8 Å². The molecule has 4 nitrogen and oxygen atoms in total. The summed E-state index contributed by atoms with van der Waals surface area (Å²) >= 11 is 11.6. The van der Waals surface area contributed by atoms with Crippen molar-refractivity contribution in [1.82, 2.24) is 0 Å². The van der Waals surface area contributed by atoms with Crippen LogP contribution >= 0.6 is 23.2 Å². The first-order chi connectivity index (χ1) is 7.91. The van der Waals surface area contributed by atoms with Crippen molar-refractivity contribution < 1.29 is 19.1 Å². The maximum Gasteiger partial charge on any atom is 0.347 e. The van der Waals surface area contributed by atoms with E-state index in [-0.39, 0.29) is 18.8 Å². The van der Waals surface area contributed by atoms with E-state index in [0.29, 0.717) is 0 Å². The molecule has 0 aromatic heterocycles. The predicted molar refractivity (Wildman–Crippen MR) is 66.0 cm³/mol. The average Bonchev–Trinajstić information content (AvgIpc) is 2.26. The van der Waals surface area contributed by atoms with Crippen LogP contribution in [0.25, 0.3) is 0 Å². The molecule has 0 aliphatic rings. The van der Waals surface area contributed by atoms with Crippen molar-refractivity contribution in [2.75, 3.05) is 13.2 Å². The molecule has 0 aliphatic carbocycles. The molecule has 0 spiro atoms. The number of alkyl halides is 2. The van der Waals surface area contributed by atoms with Crippen molar-refractivity contribution in [1.29, 1.82) is 0 Å². The maximum absolute atomic E-state index is 11.6.